The minimum atomic E-state index is -0.865. The molecule has 1 heterocycles. The lowest BCUT2D eigenvalue weighted by atomic mass is 9.68. The van der Waals surface area contributed by atoms with Crippen LogP contribution in [0.25, 0.3) is 0 Å². The summed E-state index contributed by atoms with van der Waals surface area (Å²) in [4.78, 5) is 25.8. The number of hydrogen-bond donors (Lipinski definition) is 1. The van der Waals surface area contributed by atoms with Crippen LogP contribution >= 0.6 is 0 Å². The third-order valence-electron chi connectivity index (χ3n) is 5.29. The molecule has 0 bridgehead atoms. The molecule has 0 unspecified atom stereocenters. The Morgan fingerprint density at radius 1 is 1.18 bits per heavy atom. The fourth-order valence-electron chi connectivity index (χ4n) is 4.16. The standard InChI is InChI=1S/C22H29NO5/c1-5-26-14-9-7-13(8-10-14)17-18-15(24)11-22(3,4)12-16(18)28-20(23)19(17)21(25)27-6-2/h7-10,17,19-20H,5-6,11-12,23H2,1-4H3/t17-,19-,20-/m0/s1. The first-order valence-electron chi connectivity index (χ1n) is 9.85. The number of carbonyl (C=O) groups excluding carboxylic acids is 2. The Bertz CT molecular complexity index is 781. The lowest BCUT2D eigenvalue weighted by Crippen LogP contribution is -2.48. The van der Waals surface area contributed by atoms with Crippen LogP contribution in [0.2, 0.25) is 0 Å². The molecule has 28 heavy (non-hydrogen) atoms. The molecular weight excluding hydrogens is 358 g/mol. The Morgan fingerprint density at radius 2 is 1.86 bits per heavy atom. The number of esters is 1. The van der Waals surface area contributed by atoms with E-state index in [1.54, 1.807) is 6.92 Å². The van der Waals surface area contributed by atoms with Gasteiger partial charge in [0.2, 0.25) is 0 Å². The van der Waals surface area contributed by atoms with Gasteiger partial charge in [-0.25, -0.2) is 0 Å². The molecule has 0 saturated heterocycles. The summed E-state index contributed by atoms with van der Waals surface area (Å²) in [6.45, 7) is 8.54. The average molecular weight is 387 g/mol. The van der Waals surface area contributed by atoms with E-state index < -0.39 is 24.0 Å². The summed E-state index contributed by atoms with van der Waals surface area (Å²) in [5.41, 5.74) is 7.46. The predicted octanol–water partition coefficient (Wildman–Crippen LogP) is 3.31. The summed E-state index contributed by atoms with van der Waals surface area (Å²) in [5, 5.41) is 0. The highest BCUT2D eigenvalue weighted by Crippen LogP contribution is 2.49. The van der Waals surface area contributed by atoms with Gasteiger partial charge in [0.1, 0.15) is 17.4 Å². The molecule has 2 N–H and O–H groups in total. The van der Waals surface area contributed by atoms with Gasteiger partial charge in [-0.1, -0.05) is 26.0 Å². The molecule has 6 heteroatoms. The third-order valence-corrected chi connectivity index (χ3v) is 5.29. The number of allylic oxidation sites excluding steroid dienone is 2. The van der Waals surface area contributed by atoms with Crippen LogP contribution in [0.15, 0.2) is 35.6 Å². The number of ketones is 1. The van der Waals surface area contributed by atoms with E-state index in [1.807, 2.05) is 45.0 Å². The van der Waals surface area contributed by atoms with Crippen molar-refractivity contribution >= 4 is 11.8 Å². The molecule has 1 aromatic rings. The van der Waals surface area contributed by atoms with Crippen molar-refractivity contribution in [1.82, 2.24) is 0 Å². The Hall–Kier alpha value is -2.34. The molecule has 1 aromatic carbocycles. The molecule has 0 fully saturated rings. The number of hydrogen-bond acceptors (Lipinski definition) is 6. The molecule has 152 valence electrons. The number of Topliss-reactive ketones (excluding diaryl/α,β-unsaturated/α-hetero) is 1. The van der Waals surface area contributed by atoms with E-state index in [4.69, 9.17) is 19.9 Å². The van der Waals surface area contributed by atoms with Gasteiger partial charge in [0, 0.05) is 24.3 Å². The maximum atomic E-state index is 13.1. The second-order valence-corrected chi connectivity index (χ2v) is 8.12. The summed E-state index contributed by atoms with van der Waals surface area (Å²) in [5.74, 6) is -0.364. The first-order valence-corrected chi connectivity index (χ1v) is 9.85. The zero-order valence-corrected chi connectivity index (χ0v) is 17.0. The van der Waals surface area contributed by atoms with Crippen molar-refractivity contribution in [2.75, 3.05) is 13.2 Å². The van der Waals surface area contributed by atoms with Crippen LogP contribution in [0, 0.1) is 11.3 Å². The fourth-order valence-corrected chi connectivity index (χ4v) is 4.16. The topological polar surface area (TPSA) is 87.8 Å². The largest absolute Gasteiger partial charge is 0.494 e. The van der Waals surface area contributed by atoms with Crippen LogP contribution < -0.4 is 10.5 Å². The number of rotatable bonds is 5. The molecule has 3 rings (SSSR count). The highest BCUT2D eigenvalue weighted by molar-refractivity contribution is 6.00. The van der Waals surface area contributed by atoms with Crippen molar-refractivity contribution in [3.8, 4) is 5.75 Å². The smallest absolute Gasteiger partial charge is 0.315 e. The lowest BCUT2D eigenvalue weighted by Gasteiger charge is -2.42. The minimum absolute atomic E-state index is 0.00586. The van der Waals surface area contributed by atoms with Crippen LogP contribution in [0.5, 0.6) is 5.75 Å². The predicted molar refractivity (Wildman–Crippen MR) is 105 cm³/mol. The van der Waals surface area contributed by atoms with Gasteiger partial charge in [-0.05, 0) is 37.0 Å². The van der Waals surface area contributed by atoms with Crippen molar-refractivity contribution in [3.05, 3.63) is 41.2 Å². The monoisotopic (exact) mass is 387 g/mol. The molecular formula is C22H29NO5. The maximum Gasteiger partial charge on any atom is 0.315 e. The molecule has 2 aliphatic rings. The first kappa shape index (κ1) is 20.4. The first-order chi connectivity index (χ1) is 13.3. The SMILES string of the molecule is CCOC(=O)[C@H]1[C@@H](c2ccc(OCC)cc2)C2=C(CC(C)(C)CC2=O)O[C@@H]1N. The van der Waals surface area contributed by atoms with E-state index in [1.165, 1.54) is 0 Å². The maximum absolute atomic E-state index is 13.1. The van der Waals surface area contributed by atoms with Crippen molar-refractivity contribution in [1.29, 1.82) is 0 Å². The molecule has 1 aliphatic carbocycles. The zero-order valence-electron chi connectivity index (χ0n) is 17.0. The summed E-state index contributed by atoms with van der Waals surface area (Å²) >= 11 is 0. The molecule has 1 aliphatic heterocycles. The van der Waals surface area contributed by atoms with Crippen molar-refractivity contribution in [3.63, 3.8) is 0 Å². The molecule has 0 spiro atoms. The summed E-state index contributed by atoms with van der Waals surface area (Å²) in [7, 11) is 0. The highest BCUT2D eigenvalue weighted by Gasteiger charge is 2.49. The Balaban J connectivity index is 2.09. The van der Waals surface area contributed by atoms with Gasteiger partial charge in [-0.15, -0.1) is 0 Å². The Kier molecular flexibility index (Phi) is 5.79. The lowest BCUT2D eigenvalue weighted by molar-refractivity contribution is -0.155. The summed E-state index contributed by atoms with van der Waals surface area (Å²) < 4.78 is 16.7. The number of ether oxygens (including phenoxy) is 3. The van der Waals surface area contributed by atoms with Crippen LogP contribution in [-0.2, 0) is 19.1 Å². The van der Waals surface area contributed by atoms with E-state index >= 15 is 0 Å². The second kappa shape index (κ2) is 7.95. The van der Waals surface area contributed by atoms with Gasteiger partial charge >= 0.3 is 5.97 Å². The van der Waals surface area contributed by atoms with Gasteiger partial charge < -0.3 is 14.2 Å². The van der Waals surface area contributed by atoms with E-state index in [-0.39, 0.29) is 17.8 Å². The van der Waals surface area contributed by atoms with Crippen LogP contribution in [-0.4, -0.2) is 31.2 Å². The van der Waals surface area contributed by atoms with Gasteiger partial charge in [0.25, 0.3) is 0 Å². The van der Waals surface area contributed by atoms with Crippen molar-refractivity contribution in [2.24, 2.45) is 17.1 Å². The second-order valence-electron chi connectivity index (χ2n) is 8.12. The highest BCUT2D eigenvalue weighted by atomic mass is 16.5. The molecule has 0 saturated carbocycles. The van der Waals surface area contributed by atoms with Crippen LogP contribution in [0.1, 0.15) is 52.0 Å². The van der Waals surface area contributed by atoms with Gasteiger partial charge in [-0.2, -0.15) is 0 Å². The van der Waals surface area contributed by atoms with E-state index in [0.717, 1.165) is 11.3 Å². The van der Waals surface area contributed by atoms with Gasteiger partial charge in [0.05, 0.1) is 13.2 Å². The average Bonchev–Trinajstić information content (AvgIpc) is 2.60. The number of carbonyl (C=O) groups is 2. The minimum Gasteiger partial charge on any atom is -0.494 e. The van der Waals surface area contributed by atoms with E-state index in [9.17, 15) is 9.59 Å². The molecule has 0 aromatic heterocycles. The fraction of sp³-hybridized carbons (Fsp3) is 0.545. The van der Waals surface area contributed by atoms with E-state index in [0.29, 0.717) is 30.8 Å². The molecule has 3 atom stereocenters. The molecule has 6 nitrogen and oxygen atoms in total. The van der Waals surface area contributed by atoms with Crippen LogP contribution in [0.3, 0.4) is 0 Å². The van der Waals surface area contributed by atoms with Crippen LogP contribution in [0.4, 0.5) is 0 Å². The van der Waals surface area contributed by atoms with E-state index in [2.05, 4.69) is 0 Å². The number of benzene rings is 1. The molecule has 0 amide bonds. The third kappa shape index (κ3) is 3.92. The Morgan fingerprint density at radius 3 is 2.46 bits per heavy atom. The van der Waals surface area contributed by atoms with Gasteiger partial charge in [0.15, 0.2) is 12.0 Å². The number of nitrogens with two attached hydrogens (primary N) is 1. The summed E-state index contributed by atoms with van der Waals surface area (Å²) in [6, 6.07) is 7.47. The summed E-state index contributed by atoms with van der Waals surface area (Å²) in [6.07, 6.45) is 0.161. The van der Waals surface area contributed by atoms with Crippen molar-refractivity contribution < 1.29 is 23.8 Å². The van der Waals surface area contributed by atoms with Crippen molar-refractivity contribution in [2.45, 2.75) is 52.7 Å². The molecule has 0 radical (unpaired) electrons. The van der Waals surface area contributed by atoms with Gasteiger partial charge in [-0.3, -0.25) is 15.3 Å². The normalized spacial score (nSPS) is 26.3. The quantitative estimate of drug-likeness (QED) is 0.780. The zero-order chi connectivity index (χ0) is 20.5. The Labute approximate surface area is 166 Å².